The van der Waals surface area contributed by atoms with Crippen molar-refractivity contribution in [3.8, 4) is 6.07 Å². The molecule has 98 valence electrons. The molecular weight excluding hydrogens is 238 g/mol. The average Bonchev–Trinajstić information content (AvgIpc) is 2.71. The monoisotopic (exact) mass is 255 g/mol. The van der Waals surface area contributed by atoms with Crippen LogP contribution in [-0.4, -0.2) is 5.16 Å². The second-order valence-electron chi connectivity index (χ2n) is 4.71. The molecule has 0 saturated heterocycles. The summed E-state index contributed by atoms with van der Waals surface area (Å²) in [4.78, 5) is 0. The molecule has 0 bridgehead atoms. The van der Waals surface area contributed by atoms with Crippen molar-refractivity contribution in [1.82, 2.24) is 5.16 Å². The van der Waals surface area contributed by atoms with Crippen LogP contribution in [0.1, 0.15) is 41.1 Å². The standard InChI is InChI=1S/C15H17N3O/c1-9-6-5-7-13(8-16)15(9)17-10(2)14-11(3)18-19-12(14)4/h5-7,10,17H,1-4H3. The van der Waals surface area contributed by atoms with Gasteiger partial charge in [-0.15, -0.1) is 0 Å². The predicted molar refractivity (Wildman–Crippen MR) is 73.9 cm³/mol. The summed E-state index contributed by atoms with van der Waals surface area (Å²) in [7, 11) is 0. The van der Waals surface area contributed by atoms with E-state index >= 15 is 0 Å². The molecule has 0 aliphatic rings. The van der Waals surface area contributed by atoms with Crippen LogP contribution in [-0.2, 0) is 0 Å². The third kappa shape index (κ3) is 2.45. The maximum absolute atomic E-state index is 9.17. The topological polar surface area (TPSA) is 61.9 Å². The molecule has 1 heterocycles. The molecule has 0 amide bonds. The molecule has 1 N–H and O–H groups in total. The zero-order chi connectivity index (χ0) is 14.0. The lowest BCUT2D eigenvalue weighted by atomic mass is 10.0. The molecule has 1 atom stereocenters. The molecule has 2 rings (SSSR count). The van der Waals surface area contributed by atoms with Gasteiger partial charge in [0.05, 0.1) is 23.0 Å². The quantitative estimate of drug-likeness (QED) is 0.909. The normalized spacial score (nSPS) is 11.9. The molecule has 1 aromatic carbocycles. The highest BCUT2D eigenvalue weighted by Crippen LogP contribution is 2.28. The number of para-hydroxylation sites is 1. The van der Waals surface area contributed by atoms with Crippen molar-refractivity contribution in [2.75, 3.05) is 5.32 Å². The first kappa shape index (κ1) is 13.2. The van der Waals surface area contributed by atoms with Gasteiger partial charge >= 0.3 is 0 Å². The molecule has 0 fully saturated rings. The van der Waals surface area contributed by atoms with Crippen LogP contribution in [0, 0.1) is 32.1 Å². The lowest BCUT2D eigenvalue weighted by molar-refractivity contribution is 0.392. The van der Waals surface area contributed by atoms with E-state index in [0.717, 1.165) is 28.3 Å². The van der Waals surface area contributed by atoms with Gasteiger partial charge < -0.3 is 9.84 Å². The molecule has 0 aliphatic heterocycles. The number of nitriles is 1. The van der Waals surface area contributed by atoms with Gasteiger partial charge in [-0.05, 0) is 39.3 Å². The van der Waals surface area contributed by atoms with Crippen LogP contribution in [0.15, 0.2) is 22.7 Å². The van der Waals surface area contributed by atoms with Gasteiger partial charge in [0, 0.05) is 5.56 Å². The number of anilines is 1. The predicted octanol–water partition coefficient (Wildman–Crippen LogP) is 3.64. The summed E-state index contributed by atoms with van der Waals surface area (Å²) < 4.78 is 5.19. The van der Waals surface area contributed by atoms with E-state index in [1.807, 2.05) is 45.9 Å². The number of benzene rings is 1. The van der Waals surface area contributed by atoms with Crippen molar-refractivity contribution in [2.45, 2.75) is 33.7 Å². The van der Waals surface area contributed by atoms with Crippen LogP contribution in [0.5, 0.6) is 0 Å². The highest BCUT2D eigenvalue weighted by Gasteiger charge is 2.17. The van der Waals surface area contributed by atoms with E-state index in [2.05, 4.69) is 16.5 Å². The summed E-state index contributed by atoms with van der Waals surface area (Å²) in [6, 6.07) is 7.95. The van der Waals surface area contributed by atoms with Crippen LogP contribution >= 0.6 is 0 Å². The minimum absolute atomic E-state index is 0.0412. The zero-order valence-electron chi connectivity index (χ0n) is 11.6. The minimum Gasteiger partial charge on any atom is -0.377 e. The fourth-order valence-electron chi connectivity index (χ4n) is 2.35. The van der Waals surface area contributed by atoms with Gasteiger partial charge in [0.2, 0.25) is 0 Å². The number of nitrogens with one attached hydrogen (secondary N) is 1. The SMILES string of the molecule is Cc1cccc(C#N)c1NC(C)c1c(C)noc1C. The molecule has 4 heteroatoms. The van der Waals surface area contributed by atoms with E-state index in [9.17, 15) is 5.26 Å². The van der Waals surface area contributed by atoms with Crippen LogP contribution in [0.4, 0.5) is 5.69 Å². The number of aromatic nitrogens is 1. The largest absolute Gasteiger partial charge is 0.377 e. The smallest absolute Gasteiger partial charge is 0.139 e. The molecule has 2 aromatic rings. The summed E-state index contributed by atoms with van der Waals surface area (Å²) in [6.45, 7) is 7.85. The molecule has 0 aliphatic carbocycles. The fourth-order valence-corrected chi connectivity index (χ4v) is 2.35. The van der Waals surface area contributed by atoms with Crippen molar-refractivity contribution in [3.63, 3.8) is 0 Å². The maximum atomic E-state index is 9.17. The average molecular weight is 255 g/mol. The number of hydrogen-bond donors (Lipinski definition) is 1. The Bertz CT molecular complexity index is 618. The van der Waals surface area contributed by atoms with Gasteiger partial charge in [-0.1, -0.05) is 17.3 Å². The number of hydrogen-bond acceptors (Lipinski definition) is 4. The van der Waals surface area contributed by atoms with Gasteiger partial charge in [-0.3, -0.25) is 0 Å². The molecule has 1 unspecified atom stereocenters. The Hall–Kier alpha value is -2.28. The molecule has 19 heavy (non-hydrogen) atoms. The van der Waals surface area contributed by atoms with Crippen LogP contribution in [0.3, 0.4) is 0 Å². The van der Waals surface area contributed by atoms with Crippen molar-refractivity contribution < 1.29 is 4.52 Å². The van der Waals surface area contributed by atoms with E-state index in [1.54, 1.807) is 0 Å². The lowest BCUT2D eigenvalue weighted by Gasteiger charge is -2.18. The number of nitrogens with zero attached hydrogens (tertiary/aromatic N) is 2. The number of aryl methyl sites for hydroxylation is 3. The number of rotatable bonds is 3. The van der Waals surface area contributed by atoms with Crippen molar-refractivity contribution in [2.24, 2.45) is 0 Å². The maximum Gasteiger partial charge on any atom is 0.139 e. The fraction of sp³-hybridized carbons (Fsp3) is 0.333. The Balaban J connectivity index is 2.35. The van der Waals surface area contributed by atoms with E-state index in [-0.39, 0.29) is 6.04 Å². The van der Waals surface area contributed by atoms with Gasteiger partial charge in [0.1, 0.15) is 11.8 Å². The summed E-state index contributed by atoms with van der Waals surface area (Å²) in [5, 5.41) is 16.5. The van der Waals surface area contributed by atoms with E-state index in [1.165, 1.54) is 0 Å². The first-order valence-electron chi connectivity index (χ1n) is 6.23. The second-order valence-corrected chi connectivity index (χ2v) is 4.71. The molecule has 1 aromatic heterocycles. The molecule has 4 nitrogen and oxygen atoms in total. The molecule has 0 radical (unpaired) electrons. The second kappa shape index (κ2) is 5.15. The van der Waals surface area contributed by atoms with Crippen LogP contribution < -0.4 is 5.32 Å². The Morgan fingerprint density at radius 3 is 2.63 bits per heavy atom. The summed E-state index contributed by atoms with van der Waals surface area (Å²) in [5.74, 6) is 0.810. The Morgan fingerprint density at radius 2 is 2.05 bits per heavy atom. The van der Waals surface area contributed by atoms with Crippen molar-refractivity contribution >= 4 is 5.69 Å². The minimum atomic E-state index is 0.0412. The summed E-state index contributed by atoms with van der Waals surface area (Å²) >= 11 is 0. The van der Waals surface area contributed by atoms with Crippen molar-refractivity contribution in [3.05, 3.63) is 46.3 Å². The Labute approximate surface area is 113 Å². The highest BCUT2D eigenvalue weighted by molar-refractivity contribution is 5.63. The Morgan fingerprint density at radius 1 is 1.32 bits per heavy atom. The summed E-state index contributed by atoms with van der Waals surface area (Å²) in [5.41, 5.74) is 4.51. The van der Waals surface area contributed by atoms with Crippen LogP contribution in [0.2, 0.25) is 0 Å². The van der Waals surface area contributed by atoms with Crippen LogP contribution in [0.25, 0.3) is 0 Å². The third-order valence-electron chi connectivity index (χ3n) is 3.28. The van der Waals surface area contributed by atoms with Crippen molar-refractivity contribution in [1.29, 1.82) is 5.26 Å². The summed E-state index contributed by atoms with van der Waals surface area (Å²) in [6.07, 6.45) is 0. The molecule has 0 saturated carbocycles. The lowest BCUT2D eigenvalue weighted by Crippen LogP contribution is -2.10. The van der Waals surface area contributed by atoms with E-state index in [0.29, 0.717) is 5.56 Å². The third-order valence-corrected chi connectivity index (χ3v) is 3.28. The first-order chi connectivity index (χ1) is 9.04. The Kier molecular flexibility index (Phi) is 3.57. The van der Waals surface area contributed by atoms with Gasteiger partial charge in [0.15, 0.2) is 0 Å². The van der Waals surface area contributed by atoms with Gasteiger partial charge in [0.25, 0.3) is 0 Å². The van der Waals surface area contributed by atoms with E-state index in [4.69, 9.17) is 4.52 Å². The zero-order valence-corrected chi connectivity index (χ0v) is 11.6. The van der Waals surface area contributed by atoms with Gasteiger partial charge in [-0.25, -0.2) is 0 Å². The molecular formula is C15H17N3O. The van der Waals surface area contributed by atoms with E-state index < -0.39 is 0 Å². The first-order valence-corrected chi connectivity index (χ1v) is 6.23. The highest BCUT2D eigenvalue weighted by atomic mass is 16.5. The molecule has 0 spiro atoms. The van der Waals surface area contributed by atoms with Gasteiger partial charge in [-0.2, -0.15) is 5.26 Å².